The van der Waals surface area contributed by atoms with Crippen LogP contribution in [-0.2, 0) is 10.0 Å². The lowest BCUT2D eigenvalue weighted by Crippen LogP contribution is -2.51. The Kier molecular flexibility index (Phi) is 4.16. The van der Waals surface area contributed by atoms with E-state index in [2.05, 4.69) is 42.2 Å². The van der Waals surface area contributed by atoms with Gasteiger partial charge in [0.25, 0.3) is 0 Å². The van der Waals surface area contributed by atoms with Gasteiger partial charge in [-0.15, -0.1) is 0 Å². The van der Waals surface area contributed by atoms with E-state index in [0.717, 1.165) is 5.92 Å². The van der Waals surface area contributed by atoms with Crippen LogP contribution in [0.5, 0.6) is 0 Å². The molecule has 0 amide bonds. The number of hydrogen-bond acceptors (Lipinski definition) is 5. The van der Waals surface area contributed by atoms with Crippen LogP contribution in [0.25, 0.3) is 0 Å². The van der Waals surface area contributed by atoms with E-state index in [-0.39, 0.29) is 16.6 Å². The molecule has 2 aliphatic carbocycles. The minimum atomic E-state index is -3.73. The first-order chi connectivity index (χ1) is 12.6. The van der Waals surface area contributed by atoms with Crippen LogP contribution in [0.4, 0.5) is 5.69 Å². The molecule has 4 atom stereocenters. The SMILES string of the molecule is CC1(C)C2CCC1(C)C(N1C=CC=NC1Nc1cccc(S(N)(=O)=O)c1)C2. The summed E-state index contributed by atoms with van der Waals surface area (Å²) in [4.78, 5) is 7.04. The standard InChI is InChI=1S/C20H28N4O2S/c1-19(2)14-8-9-20(19,3)17(12-14)24-11-5-10-22-18(24)23-15-6-4-7-16(13-15)27(21,25)26/h4-7,10-11,13-14,17-18,23H,8-9,12H2,1-3H3,(H2,21,25,26). The number of sulfonamides is 1. The molecule has 1 heterocycles. The van der Waals surface area contributed by atoms with Crippen molar-refractivity contribution in [3.8, 4) is 0 Å². The van der Waals surface area contributed by atoms with Crippen molar-refractivity contribution >= 4 is 21.9 Å². The van der Waals surface area contributed by atoms with Gasteiger partial charge >= 0.3 is 0 Å². The molecule has 3 N–H and O–H groups in total. The minimum absolute atomic E-state index is 0.0994. The Morgan fingerprint density at radius 2 is 2.07 bits per heavy atom. The third-order valence-corrected chi connectivity index (χ3v) is 8.33. The molecule has 27 heavy (non-hydrogen) atoms. The van der Waals surface area contributed by atoms with E-state index < -0.39 is 10.0 Å². The van der Waals surface area contributed by atoms with Gasteiger partial charge in [-0.3, -0.25) is 0 Å². The zero-order valence-corrected chi connectivity index (χ0v) is 16.9. The van der Waals surface area contributed by atoms with E-state index in [0.29, 0.717) is 17.1 Å². The molecule has 146 valence electrons. The van der Waals surface area contributed by atoms with Gasteiger partial charge in [0.2, 0.25) is 10.0 Å². The maximum atomic E-state index is 11.6. The summed E-state index contributed by atoms with van der Waals surface area (Å²) >= 11 is 0. The number of benzene rings is 1. The molecular weight excluding hydrogens is 360 g/mol. The number of nitrogens with one attached hydrogen (secondary N) is 1. The van der Waals surface area contributed by atoms with Crippen molar-refractivity contribution in [1.82, 2.24) is 4.90 Å². The summed E-state index contributed by atoms with van der Waals surface area (Å²) in [5.41, 5.74) is 1.23. The zero-order valence-electron chi connectivity index (χ0n) is 16.1. The largest absolute Gasteiger partial charge is 0.347 e. The fourth-order valence-electron chi connectivity index (χ4n) is 5.34. The molecule has 1 aliphatic heterocycles. The van der Waals surface area contributed by atoms with E-state index >= 15 is 0 Å². The van der Waals surface area contributed by atoms with Gasteiger partial charge < -0.3 is 10.2 Å². The smallest absolute Gasteiger partial charge is 0.238 e. The third-order valence-electron chi connectivity index (χ3n) is 7.42. The molecule has 2 saturated carbocycles. The number of anilines is 1. The molecular formula is C20H28N4O2S. The van der Waals surface area contributed by atoms with Crippen LogP contribution >= 0.6 is 0 Å². The highest BCUT2D eigenvalue weighted by atomic mass is 32.2. The molecule has 3 aliphatic rings. The molecule has 4 rings (SSSR count). The molecule has 2 fully saturated rings. The molecule has 0 spiro atoms. The summed E-state index contributed by atoms with van der Waals surface area (Å²) < 4.78 is 23.3. The Labute approximate surface area is 161 Å². The number of hydrogen-bond donors (Lipinski definition) is 2. The van der Waals surface area contributed by atoms with Crippen LogP contribution in [0.3, 0.4) is 0 Å². The number of aliphatic imine (C=N–C) groups is 1. The second-order valence-electron chi connectivity index (χ2n) is 8.80. The van der Waals surface area contributed by atoms with Crippen LogP contribution in [0.15, 0.2) is 46.4 Å². The predicted molar refractivity (Wildman–Crippen MR) is 108 cm³/mol. The van der Waals surface area contributed by atoms with Crippen LogP contribution in [0, 0.1) is 16.7 Å². The van der Waals surface area contributed by atoms with Crippen molar-refractivity contribution in [2.75, 3.05) is 5.32 Å². The first kappa shape index (κ1) is 18.5. The molecule has 6 nitrogen and oxygen atoms in total. The molecule has 0 radical (unpaired) electrons. The highest BCUT2D eigenvalue weighted by molar-refractivity contribution is 7.89. The Balaban J connectivity index is 1.60. The summed E-state index contributed by atoms with van der Waals surface area (Å²) in [6.07, 6.45) is 9.31. The number of primary sulfonamides is 1. The fourth-order valence-corrected chi connectivity index (χ4v) is 5.90. The van der Waals surface area contributed by atoms with Crippen molar-refractivity contribution in [2.24, 2.45) is 26.9 Å². The number of rotatable bonds is 4. The van der Waals surface area contributed by atoms with Gasteiger partial charge in [-0.2, -0.15) is 0 Å². The topological polar surface area (TPSA) is 87.8 Å². The number of nitrogens with zero attached hydrogens (tertiary/aromatic N) is 2. The lowest BCUT2D eigenvalue weighted by atomic mass is 9.69. The second-order valence-corrected chi connectivity index (χ2v) is 10.4. The molecule has 2 bridgehead atoms. The average Bonchev–Trinajstić information content (AvgIpc) is 2.95. The first-order valence-electron chi connectivity index (χ1n) is 9.50. The number of fused-ring (bicyclic) bond motifs is 2. The Morgan fingerprint density at radius 1 is 1.30 bits per heavy atom. The number of allylic oxidation sites excluding steroid dienone is 1. The summed E-state index contributed by atoms with van der Waals surface area (Å²) in [6, 6.07) is 7.00. The summed E-state index contributed by atoms with van der Waals surface area (Å²) in [6.45, 7) is 7.22. The van der Waals surface area contributed by atoms with Crippen molar-refractivity contribution < 1.29 is 8.42 Å². The van der Waals surface area contributed by atoms with Crippen LogP contribution in [-0.4, -0.2) is 31.9 Å². The van der Waals surface area contributed by atoms with Gasteiger partial charge in [0.1, 0.15) is 0 Å². The predicted octanol–water partition coefficient (Wildman–Crippen LogP) is 3.14. The van der Waals surface area contributed by atoms with Gasteiger partial charge in [-0.25, -0.2) is 18.5 Å². The molecule has 1 aromatic rings. The molecule has 7 heteroatoms. The van der Waals surface area contributed by atoms with Gasteiger partial charge in [0.15, 0.2) is 6.29 Å². The lowest BCUT2D eigenvalue weighted by Gasteiger charge is -2.46. The zero-order chi connectivity index (χ0) is 19.4. The van der Waals surface area contributed by atoms with Crippen molar-refractivity contribution in [3.05, 3.63) is 36.5 Å². The minimum Gasteiger partial charge on any atom is -0.347 e. The van der Waals surface area contributed by atoms with E-state index in [4.69, 9.17) is 5.14 Å². The Hall–Kier alpha value is -1.86. The van der Waals surface area contributed by atoms with E-state index in [1.54, 1.807) is 18.3 Å². The second kappa shape index (κ2) is 6.07. The van der Waals surface area contributed by atoms with E-state index in [9.17, 15) is 8.42 Å². The third kappa shape index (κ3) is 2.88. The molecule has 1 aromatic carbocycles. The van der Waals surface area contributed by atoms with Crippen LogP contribution in [0.2, 0.25) is 0 Å². The fraction of sp³-hybridized carbons (Fsp3) is 0.550. The van der Waals surface area contributed by atoms with Gasteiger partial charge in [0, 0.05) is 24.1 Å². The maximum absolute atomic E-state index is 11.6. The van der Waals surface area contributed by atoms with Gasteiger partial charge in [-0.1, -0.05) is 26.8 Å². The first-order valence-corrected chi connectivity index (χ1v) is 11.0. The quantitative estimate of drug-likeness (QED) is 0.829. The normalized spacial score (nSPS) is 34.2. The number of nitrogens with two attached hydrogens (primary N) is 1. The Morgan fingerprint density at radius 3 is 2.70 bits per heavy atom. The van der Waals surface area contributed by atoms with E-state index in [1.165, 1.54) is 25.3 Å². The monoisotopic (exact) mass is 388 g/mol. The highest BCUT2D eigenvalue weighted by Gasteiger charge is 2.63. The van der Waals surface area contributed by atoms with Crippen LogP contribution < -0.4 is 10.5 Å². The lowest BCUT2D eigenvalue weighted by molar-refractivity contribution is 0.0545. The summed E-state index contributed by atoms with van der Waals surface area (Å²) in [5, 5.41) is 8.65. The maximum Gasteiger partial charge on any atom is 0.238 e. The van der Waals surface area contributed by atoms with Crippen molar-refractivity contribution in [1.29, 1.82) is 0 Å². The summed E-state index contributed by atoms with van der Waals surface area (Å²) in [5.74, 6) is 0.734. The average molecular weight is 389 g/mol. The van der Waals surface area contributed by atoms with Crippen molar-refractivity contribution in [3.63, 3.8) is 0 Å². The van der Waals surface area contributed by atoms with Gasteiger partial charge in [0.05, 0.1) is 4.90 Å². The van der Waals surface area contributed by atoms with Crippen LogP contribution in [0.1, 0.15) is 40.0 Å². The van der Waals surface area contributed by atoms with Crippen molar-refractivity contribution in [2.45, 2.75) is 57.3 Å². The molecule has 0 saturated heterocycles. The van der Waals surface area contributed by atoms with E-state index in [1.807, 2.05) is 12.1 Å². The Bertz CT molecular complexity index is 908. The molecule has 4 unspecified atom stereocenters. The van der Waals surface area contributed by atoms with Gasteiger partial charge in [-0.05, 0) is 60.3 Å². The summed E-state index contributed by atoms with van der Waals surface area (Å²) in [7, 11) is -3.73. The highest BCUT2D eigenvalue weighted by Crippen LogP contribution is 2.66. The molecule has 0 aromatic heterocycles.